The third kappa shape index (κ3) is 4.13. The van der Waals surface area contributed by atoms with Crippen LogP contribution in [0.5, 0.6) is 0 Å². The van der Waals surface area contributed by atoms with Crippen molar-refractivity contribution in [3.63, 3.8) is 0 Å². The van der Waals surface area contributed by atoms with E-state index in [0.717, 1.165) is 51.5 Å². The Balaban J connectivity index is 0.00000259. The van der Waals surface area contributed by atoms with Crippen molar-refractivity contribution in [1.29, 1.82) is 0 Å². The van der Waals surface area contributed by atoms with Crippen molar-refractivity contribution in [2.45, 2.75) is 32.0 Å². The summed E-state index contributed by atoms with van der Waals surface area (Å²) in [5.74, 6) is -0.198. The fraction of sp³-hybridized carbons (Fsp3) is 0.185. The Labute approximate surface area is 196 Å². The van der Waals surface area contributed by atoms with Crippen molar-refractivity contribution in [1.82, 2.24) is 9.55 Å². The van der Waals surface area contributed by atoms with Gasteiger partial charge < -0.3 is 9.55 Å². The van der Waals surface area contributed by atoms with Crippen LogP contribution in [0.1, 0.15) is 41.5 Å². The monoisotopic (exact) mass is 468 g/mol. The van der Waals surface area contributed by atoms with Gasteiger partial charge in [-0.15, -0.1) is 12.4 Å². The number of hydrogen-bond acceptors (Lipinski definition) is 0. The largest absolute Gasteiger partial charge is 0.416 e. The number of hydrogen-bond donors (Lipinski definition) is 1. The van der Waals surface area contributed by atoms with Gasteiger partial charge in [0, 0.05) is 46.7 Å². The maximum absolute atomic E-state index is 13.2. The predicted octanol–water partition coefficient (Wildman–Crippen LogP) is 8.15. The highest BCUT2D eigenvalue weighted by atomic mass is 35.5. The number of aryl methyl sites for hydroxylation is 1. The molecule has 6 heteroatoms. The highest BCUT2D eigenvalue weighted by Gasteiger charge is 2.31. The van der Waals surface area contributed by atoms with E-state index in [1.807, 2.05) is 36.5 Å². The molecular weight excluding hydrogens is 445 g/mol. The average Bonchev–Trinajstić information content (AvgIpc) is 3.37. The number of fused-ring (bicyclic) bond motifs is 2. The van der Waals surface area contributed by atoms with Crippen LogP contribution in [0.3, 0.4) is 0 Å². The van der Waals surface area contributed by atoms with E-state index in [-0.39, 0.29) is 18.3 Å². The summed E-state index contributed by atoms with van der Waals surface area (Å²) in [6.07, 6.45) is 0.791. The van der Waals surface area contributed by atoms with Gasteiger partial charge in [-0.05, 0) is 47.4 Å². The first-order valence-electron chi connectivity index (χ1n) is 10.8. The van der Waals surface area contributed by atoms with E-state index < -0.39 is 11.7 Å². The second kappa shape index (κ2) is 8.99. The smallest absolute Gasteiger partial charge is 0.361 e. The Morgan fingerprint density at radius 2 is 1.52 bits per heavy atom. The van der Waals surface area contributed by atoms with E-state index in [1.54, 1.807) is 12.1 Å². The van der Waals surface area contributed by atoms with Crippen molar-refractivity contribution in [2.24, 2.45) is 0 Å². The number of alkyl halides is 3. The zero-order chi connectivity index (χ0) is 22.3. The second-order valence-corrected chi connectivity index (χ2v) is 8.14. The third-order valence-electron chi connectivity index (χ3n) is 6.10. The third-order valence-corrected chi connectivity index (χ3v) is 6.10. The van der Waals surface area contributed by atoms with Gasteiger partial charge in [0.1, 0.15) is 0 Å². The van der Waals surface area contributed by atoms with E-state index in [2.05, 4.69) is 40.9 Å². The van der Waals surface area contributed by atoms with Gasteiger partial charge in [0.2, 0.25) is 0 Å². The quantitative estimate of drug-likeness (QED) is 0.268. The molecular formula is C27H24ClF3N2. The van der Waals surface area contributed by atoms with Gasteiger partial charge in [-0.25, -0.2) is 0 Å². The molecule has 1 unspecified atom stereocenters. The number of H-pyrrole nitrogens is 1. The molecule has 2 nitrogen and oxygen atoms in total. The van der Waals surface area contributed by atoms with Crippen molar-refractivity contribution in [3.8, 4) is 0 Å². The van der Waals surface area contributed by atoms with E-state index in [0.29, 0.717) is 0 Å². The lowest BCUT2D eigenvalue weighted by Crippen LogP contribution is -2.07. The first-order chi connectivity index (χ1) is 15.5. The maximum atomic E-state index is 13.2. The molecule has 1 N–H and O–H groups in total. The molecule has 170 valence electrons. The van der Waals surface area contributed by atoms with Crippen LogP contribution in [0.4, 0.5) is 13.2 Å². The molecule has 33 heavy (non-hydrogen) atoms. The van der Waals surface area contributed by atoms with Crippen molar-refractivity contribution >= 4 is 34.2 Å². The maximum Gasteiger partial charge on any atom is 0.416 e. The Morgan fingerprint density at radius 3 is 2.21 bits per heavy atom. The number of aromatic amines is 1. The highest BCUT2D eigenvalue weighted by Crippen LogP contribution is 2.41. The van der Waals surface area contributed by atoms with Gasteiger partial charge in [0.05, 0.1) is 5.56 Å². The number of rotatable bonds is 5. The van der Waals surface area contributed by atoms with Crippen molar-refractivity contribution in [2.75, 3.05) is 0 Å². The summed E-state index contributed by atoms with van der Waals surface area (Å²) in [6.45, 7) is 3.02. The van der Waals surface area contributed by atoms with E-state index in [1.165, 1.54) is 12.1 Å². The van der Waals surface area contributed by atoms with Crippen LogP contribution in [-0.4, -0.2) is 9.55 Å². The molecule has 2 heterocycles. The van der Waals surface area contributed by atoms with E-state index in [4.69, 9.17) is 0 Å². The fourth-order valence-electron chi connectivity index (χ4n) is 4.66. The number of nitrogens with one attached hydrogen (secondary N) is 1. The van der Waals surface area contributed by atoms with Crippen LogP contribution in [0, 0.1) is 0 Å². The first-order valence-corrected chi connectivity index (χ1v) is 10.8. The van der Waals surface area contributed by atoms with E-state index >= 15 is 0 Å². The molecule has 5 aromatic rings. The molecule has 0 saturated carbocycles. The normalized spacial score (nSPS) is 12.7. The summed E-state index contributed by atoms with van der Waals surface area (Å²) in [7, 11) is 0. The van der Waals surface area contributed by atoms with Gasteiger partial charge in [0.15, 0.2) is 0 Å². The molecule has 0 spiro atoms. The van der Waals surface area contributed by atoms with Crippen LogP contribution in [-0.2, 0) is 12.7 Å². The van der Waals surface area contributed by atoms with E-state index in [9.17, 15) is 13.2 Å². The predicted molar refractivity (Wildman–Crippen MR) is 130 cm³/mol. The van der Waals surface area contributed by atoms with Gasteiger partial charge in [-0.1, -0.05) is 55.5 Å². The molecule has 0 saturated heterocycles. The Bertz CT molecular complexity index is 1380. The van der Waals surface area contributed by atoms with Gasteiger partial charge in [-0.3, -0.25) is 0 Å². The van der Waals surface area contributed by atoms with Gasteiger partial charge >= 0.3 is 6.18 Å². The van der Waals surface area contributed by atoms with Crippen LogP contribution in [0.25, 0.3) is 21.8 Å². The summed E-state index contributed by atoms with van der Waals surface area (Å²) < 4.78 is 41.9. The molecule has 0 fully saturated rings. The zero-order valence-electron chi connectivity index (χ0n) is 18.1. The molecule has 0 bridgehead atoms. The summed E-state index contributed by atoms with van der Waals surface area (Å²) in [6, 6.07) is 21.9. The number of benzene rings is 3. The number of nitrogens with zero attached hydrogens (tertiary/aromatic N) is 1. The highest BCUT2D eigenvalue weighted by molar-refractivity contribution is 5.89. The molecule has 0 amide bonds. The molecule has 0 aliphatic carbocycles. The van der Waals surface area contributed by atoms with Crippen molar-refractivity contribution in [3.05, 3.63) is 107 Å². The Hall–Kier alpha value is -3.18. The number of aromatic nitrogens is 2. The molecule has 2 aromatic heterocycles. The van der Waals surface area contributed by atoms with Gasteiger partial charge in [-0.2, -0.15) is 13.2 Å². The SMILES string of the molecule is CCCn1cc(C(c2ccc(C(F)(F)F)cc2)c2c[nH]c3ccccc23)c2ccccc21.Cl. The number of para-hydroxylation sites is 2. The van der Waals surface area contributed by atoms with Crippen LogP contribution in [0.2, 0.25) is 0 Å². The summed E-state index contributed by atoms with van der Waals surface area (Å²) in [4.78, 5) is 3.34. The lowest BCUT2D eigenvalue weighted by Gasteiger charge is -2.18. The molecule has 5 rings (SSSR count). The molecule has 0 aliphatic rings. The minimum Gasteiger partial charge on any atom is -0.361 e. The zero-order valence-corrected chi connectivity index (χ0v) is 18.9. The summed E-state index contributed by atoms with van der Waals surface area (Å²) in [5, 5.41) is 2.20. The summed E-state index contributed by atoms with van der Waals surface area (Å²) >= 11 is 0. The molecule has 1 atom stereocenters. The fourth-order valence-corrected chi connectivity index (χ4v) is 4.66. The van der Waals surface area contributed by atoms with Crippen LogP contribution >= 0.6 is 12.4 Å². The lowest BCUT2D eigenvalue weighted by molar-refractivity contribution is -0.137. The van der Waals surface area contributed by atoms with Crippen LogP contribution < -0.4 is 0 Å². The number of halogens is 4. The average molecular weight is 469 g/mol. The molecule has 0 radical (unpaired) electrons. The van der Waals surface area contributed by atoms with Crippen LogP contribution in [0.15, 0.2) is 85.2 Å². The first kappa shape index (κ1) is 23.0. The van der Waals surface area contributed by atoms with Crippen molar-refractivity contribution < 1.29 is 13.2 Å². The molecule has 3 aromatic carbocycles. The van der Waals surface area contributed by atoms with Gasteiger partial charge in [0.25, 0.3) is 0 Å². The molecule has 0 aliphatic heterocycles. The topological polar surface area (TPSA) is 20.7 Å². The standard InChI is InChI=1S/C27H23F3N2.ClH/c1-2-15-32-17-23(21-8-4-6-10-25(21)32)26(18-11-13-19(14-12-18)27(28,29)30)22-16-31-24-9-5-3-7-20(22)24;/h3-14,16-17,26,31H,2,15H2,1H3;1H. The minimum absolute atomic E-state index is 0. The lowest BCUT2D eigenvalue weighted by atomic mass is 9.84. The Kier molecular flexibility index (Phi) is 6.26. The summed E-state index contributed by atoms with van der Waals surface area (Å²) in [5.41, 5.74) is 4.51. The second-order valence-electron chi connectivity index (χ2n) is 8.14. The Morgan fingerprint density at radius 1 is 0.848 bits per heavy atom. The minimum atomic E-state index is -4.36.